The first-order valence-corrected chi connectivity index (χ1v) is 6.93. The Balaban J connectivity index is 1.75. The van der Waals surface area contributed by atoms with E-state index in [9.17, 15) is 0 Å². The van der Waals surface area contributed by atoms with Gasteiger partial charge in [0.25, 0.3) is 0 Å². The van der Waals surface area contributed by atoms with Gasteiger partial charge in [-0.05, 0) is 35.2 Å². The fourth-order valence-electron chi connectivity index (χ4n) is 2.86. The lowest BCUT2D eigenvalue weighted by Gasteiger charge is -2.37. The first-order valence-electron chi connectivity index (χ1n) is 5.98. The standard InChI is InChI=1S/C12H18N2OS/c13-5-12(9-3-4-16-8-9)14-6-10-1-2-11(7-14)15-10/h3-4,8,10-12H,1-2,5-7,13H2. The number of likely N-dealkylation sites (tertiary alicyclic amines) is 1. The summed E-state index contributed by atoms with van der Waals surface area (Å²) >= 11 is 1.75. The summed E-state index contributed by atoms with van der Waals surface area (Å²) < 4.78 is 5.86. The number of ether oxygens (including phenoxy) is 1. The molecule has 2 fully saturated rings. The van der Waals surface area contributed by atoms with Gasteiger partial charge in [-0.25, -0.2) is 0 Å². The lowest BCUT2D eigenvalue weighted by atomic mass is 10.1. The summed E-state index contributed by atoms with van der Waals surface area (Å²) in [7, 11) is 0. The highest BCUT2D eigenvalue weighted by Gasteiger charge is 2.36. The van der Waals surface area contributed by atoms with E-state index in [-0.39, 0.29) is 0 Å². The van der Waals surface area contributed by atoms with Crippen molar-refractivity contribution in [3.05, 3.63) is 22.4 Å². The summed E-state index contributed by atoms with van der Waals surface area (Å²) in [6.07, 6.45) is 3.35. The lowest BCUT2D eigenvalue weighted by molar-refractivity contribution is -0.0520. The molecule has 3 heterocycles. The van der Waals surface area contributed by atoms with E-state index >= 15 is 0 Å². The molecule has 0 radical (unpaired) electrons. The number of nitrogens with zero attached hydrogens (tertiary/aromatic N) is 1. The predicted molar refractivity (Wildman–Crippen MR) is 65.6 cm³/mol. The Labute approximate surface area is 100 Å². The molecule has 2 bridgehead atoms. The van der Waals surface area contributed by atoms with Crippen molar-refractivity contribution in [2.24, 2.45) is 5.73 Å². The molecule has 0 spiro atoms. The van der Waals surface area contributed by atoms with Crippen molar-refractivity contribution in [2.75, 3.05) is 19.6 Å². The minimum absolute atomic E-state index is 0.387. The second-order valence-electron chi connectivity index (χ2n) is 4.72. The average Bonchev–Trinajstić information content (AvgIpc) is 2.90. The predicted octanol–water partition coefficient (Wildman–Crippen LogP) is 1.61. The Morgan fingerprint density at radius 1 is 1.44 bits per heavy atom. The lowest BCUT2D eigenvalue weighted by Crippen LogP contribution is -2.46. The van der Waals surface area contributed by atoms with E-state index < -0.39 is 0 Å². The van der Waals surface area contributed by atoms with Gasteiger partial charge in [0.2, 0.25) is 0 Å². The molecule has 2 N–H and O–H groups in total. The van der Waals surface area contributed by atoms with Crippen LogP contribution in [0, 0.1) is 0 Å². The molecule has 3 rings (SSSR count). The van der Waals surface area contributed by atoms with Gasteiger partial charge in [-0.15, -0.1) is 0 Å². The number of hydrogen-bond donors (Lipinski definition) is 1. The second kappa shape index (κ2) is 4.45. The number of hydrogen-bond acceptors (Lipinski definition) is 4. The van der Waals surface area contributed by atoms with Gasteiger partial charge < -0.3 is 10.5 Å². The zero-order chi connectivity index (χ0) is 11.0. The Kier molecular flexibility index (Phi) is 2.98. The minimum atomic E-state index is 0.387. The quantitative estimate of drug-likeness (QED) is 0.869. The molecule has 2 aliphatic rings. The Bertz CT molecular complexity index is 329. The SMILES string of the molecule is NCC(c1ccsc1)N1CC2CCC(C1)O2. The maximum Gasteiger partial charge on any atom is 0.0707 e. The molecule has 0 aliphatic carbocycles. The zero-order valence-electron chi connectivity index (χ0n) is 9.34. The van der Waals surface area contributed by atoms with Crippen molar-refractivity contribution in [1.82, 2.24) is 4.90 Å². The van der Waals surface area contributed by atoms with E-state index in [1.807, 2.05) is 0 Å². The minimum Gasteiger partial charge on any atom is -0.372 e. The van der Waals surface area contributed by atoms with Crippen molar-refractivity contribution < 1.29 is 4.74 Å². The van der Waals surface area contributed by atoms with E-state index in [2.05, 4.69) is 21.7 Å². The molecule has 0 aromatic carbocycles. The van der Waals surface area contributed by atoms with Crippen LogP contribution in [0.15, 0.2) is 16.8 Å². The fraction of sp³-hybridized carbons (Fsp3) is 0.667. The number of nitrogens with two attached hydrogens (primary N) is 1. The largest absolute Gasteiger partial charge is 0.372 e. The molecule has 1 aromatic rings. The average molecular weight is 238 g/mol. The highest BCUT2D eigenvalue weighted by atomic mass is 32.1. The van der Waals surface area contributed by atoms with Gasteiger partial charge in [-0.3, -0.25) is 4.90 Å². The van der Waals surface area contributed by atoms with Crippen LogP contribution in [0.1, 0.15) is 24.4 Å². The van der Waals surface area contributed by atoms with Crippen LogP contribution in [-0.2, 0) is 4.74 Å². The molecule has 3 nitrogen and oxygen atoms in total. The van der Waals surface area contributed by atoms with E-state index in [0.717, 1.165) is 13.1 Å². The van der Waals surface area contributed by atoms with E-state index in [0.29, 0.717) is 24.8 Å². The van der Waals surface area contributed by atoms with Crippen molar-refractivity contribution >= 4 is 11.3 Å². The summed E-state index contributed by atoms with van der Waals surface area (Å²) in [4.78, 5) is 2.51. The van der Waals surface area contributed by atoms with Gasteiger partial charge in [0.05, 0.1) is 12.2 Å². The molecule has 88 valence electrons. The molecule has 16 heavy (non-hydrogen) atoms. The third-order valence-corrected chi connectivity index (χ3v) is 4.37. The van der Waals surface area contributed by atoms with Crippen LogP contribution >= 0.6 is 11.3 Å². The van der Waals surface area contributed by atoms with Crippen LogP contribution in [0.25, 0.3) is 0 Å². The maximum atomic E-state index is 5.93. The first-order chi connectivity index (χ1) is 7.86. The van der Waals surface area contributed by atoms with Crippen LogP contribution in [0.3, 0.4) is 0 Å². The molecule has 1 aromatic heterocycles. The topological polar surface area (TPSA) is 38.5 Å². The van der Waals surface area contributed by atoms with Gasteiger partial charge in [-0.2, -0.15) is 11.3 Å². The molecular weight excluding hydrogens is 220 g/mol. The normalized spacial score (nSPS) is 31.8. The second-order valence-corrected chi connectivity index (χ2v) is 5.50. The maximum absolute atomic E-state index is 5.93. The van der Waals surface area contributed by atoms with Crippen LogP contribution in [0.4, 0.5) is 0 Å². The third kappa shape index (κ3) is 1.91. The summed E-state index contributed by atoms with van der Waals surface area (Å²) in [5, 5.41) is 4.35. The van der Waals surface area contributed by atoms with Crippen LogP contribution in [0.5, 0.6) is 0 Å². The third-order valence-electron chi connectivity index (χ3n) is 3.66. The van der Waals surface area contributed by atoms with Crippen molar-refractivity contribution in [2.45, 2.75) is 31.1 Å². The molecule has 4 heteroatoms. The smallest absolute Gasteiger partial charge is 0.0707 e. The van der Waals surface area contributed by atoms with E-state index in [1.165, 1.54) is 18.4 Å². The van der Waals surface area contributed by atoms with Gasteiger partial charge >= 0.3 is 0 Å². The molecule has 0 amide bonds. The van der Waals surface area contributed by atoms with Crippen LogP contribution < -0.4 is 5.73 Å². The number of fused-ring (bicyclic) bond motifs is 2. The molecule has 3 unspecified atom stereocenters. The summed E-state index contributed by atoms with van der Waals surface area (Å²) in [5.41, 5.74) is 7.30. The number of thiophene rings is 1. The highest BCUT2D eigenvalue weighted by molar-refractivity contribution is 7.07. The van der Waals surface area contributed by atoms with Gasteiger partial charge in [0, 0.05) is 25.7 Å². The Morgan fingerprint density at radius 3 is 2.75 bits per heavy atom. The molecule has 2 aliphatic heterocycles. The van der Waals surface area contributed by atoms with E-state index in [4.69, 9.17) is 10.5 Å². The van der Waals surface area contributed by atoms with Gasteiger partial charge in [0.15, 0.2) is 0 Å². The van der Waals surface area contributed by atoms with Gasteiger partial charge in [-0.1, -0.05) is 0 Å². The van der Waals surface area contributed by atoms with Crippen molar-refractivity contribution in [3.8, 4) is 0 Å². The molecule has 0 saturated carbocycles. The van der Waals surface area contributed by atoms with Gasteiger partial charge in [0.1, 0.15) is 0 Å². The Hall–Kier alpha value is -0.420. The van der Waals surface area contributed by atoms with Crippen molar-refractivity contribution in [3.63, 3.8) is 0 Å². The summed E-state index contributed by atoms with van der Waals surface area (Å²) in [6, 6.07) is 2.58. The first kappa shape index (κ1) is 10.7. The fourth-order valence-corrected chi connectivity index (χ4v) is 3.57. The molecule has 2 saturated heterocycles. The van der Waals surface area contributed by atoms with Crippen LogP contribution in [-0.4, -0.2) is 36.7 Å². The number of morpholine rings is 1. The van der Waals surface area contributed by atoms with Crippen LogP contribution in [0.2, 0.25) is 0 Å². The summed E-state index contributed by atoms with van der Waals surface area (Å²) in [6.45, 7) is 2.80. The number of rotatable bonds is 3. The molecular formula is C12H18N2OS. The zero-order valence-corrected chi connectivity index (χ0v) is 10.2. The highest BCUT2D eigenvalue weighted by Crippen LogP contribution is 2.31. The molecule has 3 atom stereocenters. The summed E-state index contributed by atoms with van der Waals surface area (Å²) in [5.74, 6) is 0. The monoisotopic (exact) mass is 238 g/mol. The van der Waals surface area contributed by atoms with Crippen molar-refractivity contribution in [1.29, 1.82) is 0 Å². The van der Waals surface area contributed by atoms with E-state index in [1.54, 1.807) is 11.3 Å². The Morgan fingerprint density at radius 2 is 2.19 bits per heavy atom.